The highest BCUT2D eigenvalue weighted by Crippen LogP contribution is 2.40. The predicted molar refractivity (Wildman–Crippen MR) is 123 cm³/mol. The van der Waals surface area contributed by atoms with Crippen molar-refractivity contribution in [3.8, 4) is 5.75 Å². The van der Waals surface area contributed by atoms with Crippen molar-refractivity contribution in [1.29, 1.82) is 0 Å². The third kappa shape index (κ3) is 5.77. The first-order valence-corrected chi connectivity index (χ1v) is 10.8. The minimum Gasteiger partial charge on any atom is -0.506 e. The fraction of sp³-hybridized carbons (Fsp3) is 0.136. The van der Waals surface area contributed by atoms with Crippen molar-refractivity contribution in [3.63, 3.8) is 0 Å². The molecule has 1 aliphatic rings. The van der Waals surface area contributed by atoms with Crippen LogP contribution in [0.15, 0.2) is 74.2 Å². The van der Waals surface area contributed by atoms with Crippen molar-refractivity contribution in [2.24, 2.45) is 4.99 Å². The Labute approximate surface area is 191 Å². The molecule has 0 saturated heterocycles. The Morgan fingerprint density at radius 3 is 2.58 bits per heavy atom. The lowest BCUT2D eigenvalue weighted by Gasteiger charge is -2.07. The summed E-state index contributed by atoms with van der Waals surface area (Å²) in [5, 5.41) is 19.8. The first kappa shape index (κ1) is 22.6. The number of rotatable bonds is 7. The third-order valence-electron chi connectivity index (χ3n) is 3.96. The van der Waals surface area contributed by atoms with Gasteiger partial charge in [-0.25, -0.2) is 14.6 Å². The van der Waals surface area contributed by atoms with Gasteiger partial charge < -0.3 is 19.7 Å². The van der Waals surface area contributed by atoms with Gasteiger partial charge >= 0.3 is 11.9 Å². The molecule has 7 nitrogen and oxygen atoms in total. The molecule has 0 unspecified atom stereocenters. The number of thioether (sulfide) groups is 1. The van der Waals surface area contributed by atoms with Crippen LogP contribution in [-0.4, -0.2) is 40.4 Å². The number of aliphatic imine (C=N–C) groups is 1. The molecule has 0 bridgehead atoms. The Bertz CT molecular complexity index is 1090. The normalized spacial score (nSPS) is 16.1. The number of nitrogens with zero attached hydrogens (tertiary/aromatic N) is 1. The Hall–Kier alpha value is -3.04. The highest BCUT2D eigenvalue weighted by molar-refractivity contribution is 9.10. The maximum atomic E-state index is 12.4. The zero-order valence-electron chi connectivity index (χ0n) is 16.4. The van der Waals surface area contributed by atoms with Crippen LogP contribution in [0.3, 0.4) is 0 Å². The second kappa shape index (κ2) is 10.3. The van der Waals surface area contributed by atoms with Crippen LogP contribution >= 0.6 is 27.7 Å². The molecule has 2 aromatic rings. The molecule has 0 saturated carbocycles. The van der Waals surface area contributed by atoms with Crippen LogP contribution < -0.4 is 4.74 Å². The number of ether oxygens (including phenoxy) is 2. The first-order valence-electron chi connectivity index (χ1n) is 9.17. The van der Waals surface area contributed by atoms with Crippen LogP contribution in [-0.2, 0) is 14.3 Å². The van der Waals surface area contributed by atoms with E-state index < -0.39 is 18.5 Å². The van der Waals surface area contributed by atoms with E-state index in [0.29, 0.717) is 31.4 Å². The van der Waals surface area contributed by atoms with Crippen molar-refractivity contribution < 1.29 is 29.3 Å². The molecule has 0 atom stereocenters. The van der Waals surface area contributed by atoms with Gasteiger partial charge in [0.15, 0.2) is 6.61 Å². The van der Waals surface area contributed by atoms with Gasteiger partial charge in [-0.2, -0.15) is 0 Å². The second-order valence-corrected chi connectivity index (χ2v) is 8.06. The van der Waals surface area contributed by atoms with Crippen molar-refractivity contribution in [2.45, 2.75) is 6.92 Å². The summed E-state index contributed by atoms with van der Waals surface area (Å²) < 4.78 is 10.8. The van der Waals surface area contributed by atoms with E-state index in [1.807, 2.05) is 18.2 Å². The van der Waals surface area contributed by atoms with Crippen molar-refractivity contribution in [1.82, 2.24) is 0 Å². The molecule has 0 aromatic heterocycles. The average Bonchev–Trinajstić information content (AvgIpc) is 3.03. The molecule has 0 aliphatic carbocycles. The maximum absolute atomic E-state index is 12.4. The number of aliphatic hydroxyl groups is 1. The van der Waals surface area contributed by atoms with Gasteiger partial charge in [0, 0.05) is 0 Å². The van der Waals surface area contributed by atoms with E-state index in [1.54, 1.807) is 43.3 Å². The van der Waals surface area contributed by atoms with Crippen LogP contribution in [0, 0.1) is 0 Å². The summed E-state index contributed by atoms with van der Waals surface area (Å²) in [4.78, 5) is 28.1. The number of carboxylic acid groups (broad SMARTS) is 1. The summed E-state index contributed by atoms with van der Waals surface area (Å²) in [5.41, 5.74) is 1.36. The lowest BCUT2D eigenvalue weighted by atomic mass is 10.1. The third-order valence-corrected chi connectivity index (χ3v) is 5.60. The molecule has 2 aromatic carbocycles. The summed E-state index contributed by atoms with van der Waals surface area (Å²) >= 11 is 4.50. The zero-order chi connectivity index (χ0) is 22.4. The lowest BCUT2D eigenvalue weighted by Crippen LogP contribution is -2.12. The molecule has 0 amide bonds. The monoisotopic (exact) mass is 503 g/mol. The zero-order valence-corrected chi connectivity index (χ0v) is 18.8. The van der Waals surface area contributed by atoms with E-state index in [2.05, 4.69) is 20.9 Å². The highest BCUT2D eigenvalue weighted by atomic mass is 79.9. The van der Waals surface area contributed by atoms with Crippen molar-refractivity contribution in [2.75, 3.05) is 13.2 Å². The highest BCUT2D eigenvalue weighted by Gasteiger charge is 2.33. The van der Waals surface area contributed by atoms with Gasteiger partial charge in [-0.15, -0.1) is 0 Å². The summed E-state index contributed by atoms with van der Waals surface area (Å²) in [6.07, 6.45) is 1.69. The van der Waals surface area contributed by atoms with Crippen LogP contribution in [0.2, 0.25) is 0 Å². The molecular formula is C22H18BrNO6S. The van der Waals surface area contributed by atoms with Crippen molar-refractivity contribution >= 4 is 56.4 Å². The summed E-state index contributed by atoms with van der Waals surface area (Å²) in [7, 11) is 0. The molecule has 31 heavy (non-hydrogen) atoms. The van der Waals surface area contributed by atoms with Gasteiger partial charge in [0.2, 0.25) is 0 Å². The Kier molecular flexibility index (Phi) is 7.54. The molecular weight excluding hydrogens is 486 g/mol. The van der Waals surface area contributed by atoms with E-state index in [1.165, 1.54) is 0 Å². The summed E-state index contributed by atoms with van der Waals surface area (Å²) in [6, 6.07) is 14.1. The molecule has 0 fully saturated rings. The fourth-order valence-corrected chi connectivity index (χ4v) is 4.17. The lowest BCUT2D eigenvalue weighted by molar-refractivity contribution is -0.139. The van der Waals surface area contributed by atoms with E-state index >= 15 is 0 Å². The van der Waals surface area contributed by atoms with E-state index in [4.69, 9.17) is 14.6 Å². The molecule has 1 heterocycles. The minimum atomic E-state index is -1.08. The van der Waals surface area contributed by atoms with E-state index in [0.717, 1.165) is 11.8 Å². The Balaban J connectivity index is 1.94. The predicted octanol–water partition coefficient (Wildman–Crippen LogP) is 5.11. The molecule has 0 spiro atoms. The van der Waals surface area contributed by atoms with E-state index in [-0.39, 0.29) is 17.9 Å². The van der Waals surface area contributed by atoms with Gasteiger partial charge in [0.1, 0.15) is 22.1 Å². The topological polar surface area (TPSA) is 105 Å². The number of halogens is 1. The fourth-order valence-electron chi connectivity index (χ4n) is 2.63. The van der Waals surface area contributed by atoms with Gasteiger partial charge in [0.05, 0.1) is 21.7 Å². The minimum absolute atomic E-state index is 0.0161. The van der Waals surface area contributed by atoms with Crippen LogP contribution in [0.5, 0.6) is 5.75 Å². The van der Waals surface area contributed by atoms with Gasteiger partial charge in [-0.1, -0.05) is 36.0 Å². The molecule has 1 aliphatic heterocycles. The number of benzene rings is 2. The largest absolute Gasteiger partial charge is 0.506 e. The number of aliphatic hydroxyl groups excluding tert-OH is 1. The Morgan fingerprint density at radius 2 is 1.94 bits per heavy atom. The number of hydrogen-bond acceptors (Lipinski definition) is 7. The van der Waals surface area contributed by atoms with Gasteiger partial charge in [-0.3, -0.25) is 0 Å². The average molecular weight is 504 g/mol. The Morgan fingerprint density at radius 1 is 1.19 bits per heavy atom. The first-order chi connectivity index (χ1) is 14.9. The second-order valence-electron chi connectivity index (χ2n) is 6.18. The van der Waals surface area contributed by atoms with E-state index in [9.17, 15) is 14.7 Å². The molecule has 160 valence electrons. The number of para-hydroxylation sites is 1. The van der Waals surface area contributed by atoms with Crippen LogP contribution in [0.4, 0.5) is 5.69 Å². The van der Waals surface area contributed by atoms with Gasteiger partial charge in [-0.05, 0) is 58.8 Å². The SMILES string of the molecule is CCOC(=O)C1=C(O)/C(=C/c2ccc(OCC(=O)O)c(Br)c2)SC1=Nc1ccccc1. The molecule has 0 radical (unpaired) electrons. The van der Waals surface area contributed by atoms with Crippen LogP contribution in [0.1, 0.15) is 12.5 Å². The number of esters is 1. The number of carboxylic acids is 1. The number of carbonyl (C=O) groups excluding carboxylic acids is 1. The molecule has 2 N–H and O–H groups in total. The molecule has 9 heteroatoms. The van der Waals surface area contributed by atoms with Crippen molar-refractivity contribution in [3.05, 3.63) is 74.8 Å². The van der Waals surface area contributed by atoms with Gasteiger partial charge in [0.25, 0.3) is 0 Å². The smallest absolute Gasteiger partial charge is 0.344 e. The number of carbonyl (C=O) groups is 2. The quantitative estimate of drug-likeness (QED) is 0.505. The summed E-state index contributed by atoms with van der Waals surface area (Å²) in [6.45, 7) is 1.40. The maximum Gasteiger partial charge on any atom is 0.344 e. The number of aliphatic carboxylic acids is 1. The number of hydrogen-bond donors (Lipinski definition) is 2. The standard InChI is InChI=1S/C22H18BrNO6S/c1-2-29-22(28)19-20(27)17(31-21(19)24-14-6-4-3-5-7-14)11-13-8-9-16(15(23)10-13)30-12-18(25)26/h3-11,27H,2,12H2,1H3,(H,25,26)/b17-11-,24-21?. The summed E-state index contributed by atoms with van der Waals surface area (Å²) in [5.74, 6) is -1.56. The molecule has 3 rings (SSSR count). The van der Waals surface area contributed by atoms with Crippen LogP contribution in [0.25, 0.3) is 6.08 Å².